The van der Waals surface area contributed by atoms with Crippen LogP contribution in [-0.2, 0) is 6.54 Å². The fourth-order valence-electron chi connectivity index (χ4n) is 2.84. The lowest BCUT2D eigenvalue weighted by Crippen LogP contribution is -2.16. The lowest BCUT2D eigenvalue weighted by molar-refractivity contribution is 0.627. The Hall–Kier alpha value is -2.29. The first-order chi connectivity index (χ1) is 9.79. The van der Waals surface area contributed by atoms with Crippen LogP contribution in [0.4, 0.5) is 5.95 Å². The third-order valence-electron chi connectivity index (χ3n) is 3.93. The van der Waals surface area contributed by atoms with Crippen molar-refractivity contribution in [2.75, 3.05) is 11.9 Å². The second kappa shape index (κ2) is 4.37. The summed E-state index contributed by atoms with van der Waals surface area (Å²) < 4.78 is 2.21. The van der Waals surface area contributed by atoms with Gasteiger partial charge in [-0.15, -0.1) is 0 Å². The Morgan fingerprint density at radius 2 is 1.95 bits per heavy atom. The van der Waals surface area contributed by atoms with E-state index < -0.39 is 0 Å². The third kappa shape index (κ3) is 1.86. The van der Waals surface area contributed by atoms with Gasteiger partial charge in [-0.1, -0.05) is 35.9 Å². The molecule has 4 rings (SSSR count). The lowest BCUT2D eigenvalue weighted by Gasteiger charge is -2.14. The normalized spacial score (nSPS) is 14.1. The average molecular weight is 263 g/mol. The van der Waals surface area contributed by atoms with Gasteiger partial charge in [0.15, 0.2) is 0 Å². The molecule has 0 amide bonds. The molecule has 0 fully saturated rings. The number of anilines is 1. The van der Waals surface area contributed by atoms with Crippen molar-refractivity contribution in [2.24, 2.45) is 0 Å². The fourth-order valence-corrected chi connectivity index (χ4v) is 2.84. The van der Waals surface area contributed by atoms with E-state index in [1.54, 1.807) is 0 Å². The summed E-state index contributed by atoms with van der Waals surface area (Å²) in [5, 5.41) is 5.91. The average Bonchev–Trinajstić information content (AvgIpc) is 2.90. The molecule has 0 atom stereocenters. The summed E-state index contributed by atoms with van der Waals surface area (Å²) in [6.07, 6.45) is 3.32. The molecule has 3 heteroatoms. The van der Waals surface area contributed by atoms with Gasteiger partial charge in [-0.2, -0.15) is 0 Å². The Morgan fingerprint density at radius 1 is 1.10 bits per heavy atom. The predicted octanol–water partition coefficient (Wildman–Crippen LogP) is 3.83. The second-order valence-corrected chi connectivity index (χ2v) is 5.49. The van der Waals surface area contributed by atoms with E-state index in [0.29, 0.717) is 0 Å². The molecular formula is C17H17N3. The van der Waals surface area contributed by atoms with Crippen LogP contribution in [0.25, 0.3) is 22.0 Å². The molecule has 3 nitrogen and oxygen atoms in total. The first kappa shape index (κ1) is 11.5. The van der Waals surface area contributed by atoms with Crippen LogP contribution < -0.4 is 5.32 Å². The minimum atomic E-state index is 0.996. The molecule has 1 aromatic heterocycles. The predicted molar refractivity (Wildman–Crippen MR) is 83.0 cm³/mol. The molecule has 20 heavy (non-hydrogen) atoms. The van der Waals surface area contributed by atoms with Crippen molar-refractivity contribution in [3.63, 3.8) is 0 Å². The van der Waals surface area contributed by atoms with Gasteiger partial charge in [0.1, 0.15) is 0 Å². The highest BCUT2D eigenvalue weighted by Gasteiger charge is 2.12. The number of hydrogen-bond acceptors (Lipinski definition) is 2. The highest BCUT2D eigenvalue weighted by Crippen LogP contribution is 2.26. The number of benzene rings is 2. The quantitative estimate of drug-likeness (QED) is 0.723. The standard InChI is InChI=1S/C17H17N3/c1-12-3-4-14-10-15(6-5-13(14)9-12)16-11-20-8-2-7-18-17(20)19-16/h3-6,9-11H,2,7-8H2,1H3,(H,18,19). The molecule has 0 saturated heterocycles. The van der Waals surface area contributed by atoms with Gasteiger partial charge in [0.05, 0.1) is 5.69 Å². The van der Waals surface area contributed by atoms with Crippen molar-refractivity contribution in [3.05, 3.63) is 48.2 Å². The van der Waals surface area contributed by atoms with Crippen LogP contribution in [-0.4, -0.2) is 16.1 Å². The van der Waals surface area contributed by atoms with Crippen LogP contribution in [0.15, 0.2) is 42.6 Å². The van der Waals surface area contributed by atoms with Gasteiger partial charge in [-0.3, -0.25) is 0 Å². The van der Waals surface area contributed by atoms with E-state index >= 15 is 0 Å². The Morgan fingerprint density at radius 3 is 2.85 bits per heavy atom. The minimum Gasteiger partial charge on any atom is -0.356 e. The van der Waals surface area contributed by atoms with E-state index in [0.717, 1.165) is 24.7 Å². The summed E-state index contributed by atoms with van der Waals surface area (Å²) >= 11 is 0. The number of rotatable bonds is 1. The third-order valence-corrected chi connectivity index (χ3v) is 3.93. The zero-order chi connectivity index (χ0) is 13.5. The number of nitrogens with one attached hydrogen (secondary N) is 1. The van der Waals surface area contributed by atoms with Crippen molar-refractivity contribution in [1.29, 1.82) is 0 Å². The van der Waals surface area contributed by atoms with E-state index in [1.807, 2.05) is 0 Å². The summed E-state index contributed by atoms with van der Waals surface area (Å²) in [4.78, 5) is 4.70. The number of nitrogens with zero attached hydrogens (tertiary/aromatic N) is 2. The van der Waals surface area contributed by atoms with Gasteiger partial charge in [0.25, 0.3) is 0 Å². The number of fused-ring (bicyclic) bond motifs is 2. The maximum Gasteiger partial charge on any atom is 0.203 e. The SMILES string of the molecule is Cc1ccc2cc(-c3cn4c(n3)NCCC4)ccc2c1. The van der Waals surface area contributed by atoms with E-state index in [9.17, 15) is 0 Å². The number of imidazole rings is 1. The molecule has 0 bridgehead atoms. The zero-order valence-electron chi connectivity index (χ0n) is 11.6. The first-order valence-corrected chi connectivity index (χ1v) is 7.11. The Kier molecular flexibility index (Phi) is 2.52. The molecule has 1 N–H and O–H groups in total. The highest BCUT2D eigenvalue weighted by molar-refractivity contribution is 5.87. The Bertz CT molecular complexity index is 763. The Labute approximate surface area is 118 Å². The smallest absolute Gasteiger partial charge is 0.203 e. The molecule has 0 saturated carbocycles. The van der Waals surface area contributed by atoms with Crippen molar-refractivity contribution < 1.29 is 0 Å². The maximum atomic E-state index is 4.70. The van der Waals surface area contributed by atoms with Crippen LogP contribution in [0.5, 0.6) is 0 Å². The number of hydrogen-bond donors (Lipinski definition) is 1. The first-order valence-electron chi connectivity index (χ1n) is 7.11. The van der Waals surface area contributed by atoms with Crippen molar-refractivity contribution in [2.45, 2.75) is 19.9 Å². The lowest BCUT2D eigenvalue weighted by atomic mass is 10.0. The zero-order valence-corrected chi connectivity index (χ0v) is 11.6. The van der Waals surface area contributed by atoms with Crippen molar-refractivity contribution in [3.8, 4) is 11.3 Å². The fraction of sp³-hybridized carbons (Fsp3) is 0.235. The van der Waals surface area contributed by atoms with Crippen LogP contribution in [0, 0.1) is 6.92 Å². The molecular weight excluding hydrogens is 246 g/mol. The summed E-state index contributed by atoms with van der Waals surface area (Å²) in [6, 6.07) is 13.1. The van der Waals surface area contributed by atoms with Crippen LogP contribution >= 0.6 is 0 Å². The number of aryl methyl sites for hydroxylation is 2. The van der Waals surface area contributed by atoms with Crippen LogP contribution in [0.1, 0.15) is 12.0 Å². The van der Waals surface area contributed by atoms with Crippen molar-refractivity contribution in [1.82, 2.24) is 9.55 Å². The molecule has 1 aliphatic heterocycles. The monoisotopic (exact) mass is 263 g/mol. The summed E-state index contributed by atoms with van der Waals surface area (Å²) in [7, 11) is 0. The van der Waals surface area contributed by atoms with Gasteiger partial charge in [0.2, 0.25) is 5.95 Å². The van der Waals surface area contributed by atoms with Gasteiger partial charge in [0, 0.05) is 24.8 Å². The second-order valence-electron chi connectivity index (χ2n) is 5.49. The summed E-state index contributed by atoms with van der Waals surface area (Å²) in [6.45, 7) is 4.21. The van der Waals surface area contributed by atoms with Crippen LogP contribution in [0.3, 0.4) is 0 Å². The molecule has 100 valence electrons. The van der Waals surface area contributed by atoms with E-state index in [4.69, 9.17) is 4.98 Å². The molecule has 0 spiro atoms. The molecule has 0 aliphatic carbocycles. The molecule has 1 aliphatic rings. The van der Waals surface area contributed by atoms with E-state index in [2.05, 4.69) is 59.4 Å². The molecule has 0 radical (unpaired) electrons. The van der Waals surface area contributed by atoms with Crippen molar-refractivity contribution >= 4 is 16.7 Å². The van der Waals surface area contributed by atoms with Gasteiger partial charge in [-0.05, 0) is 30.2 Å². The number of aromatic nitrogens is 2. The molecule has 2 aromatic carbocycles. The highest BCUT2D eigenvalue weighted by atomic mass is 15.2. The largest absolute Gasteiger partial charge is 0.356 e. The molecule has 2 heterocycles. The summed E-state index contributed by atoms with van der Waals surface area (Å²) in [5.41, 5.74) is 3.54. The van der Waals surface area contributed by atoms with Gasteiger partial charge < -0.3 is 9.88 Å². The van der Waals surface area contributed by atoms with Crippen LogP contribution in [0.2, 0.25) is 0 Å². The maximum absolute atomic E-state index is 4.70. The Balaban J connectivity index is 1.81. The molecule has 0 unspecified atom stereocenters. The summed E-state index contributed by atoms with van der Waals surface area (Å²) in [5.74, 6) is 0.996. The van der Waals surface area contributed by atoms with E-state index in [-0.39, 0.29) is 0 Å². The molecule has 3 aromatic rings. The van der Waals surface area contributed by atoms with E-state index in [1.165, 1.54) is 28.3 Å². The minimum absolute atomic E-state index is 0.996. The van der Waals surface area contributed by atoms with Gasteiger partial charge >= 0.3 is 0 Å². The van der Waals surface area contributed by atoms with Gasteiger partial charge in [-0.25, -0.2) is 4.98 Å². The topological polar surface area (TPSA) is 29.9 Å².